The van der Waals surface area contributed by atoms with Crippen molar-refractivity contribution < 1.29 is 27.2 Å². The van der Waals surface area contributed by atoms with Crippen molar-refractivity contribution in [3.05, 3.63) is 81.5 Å². The van der Waals surface area contributed by atoms with Gasteiger partial charge >= 0.3 is 6.18 Å². The first-order valence-electron chi connectivity index (χ1n) is 9.30. The molecule has 3 aromatic rings. The fourth-order valence-electron chi connectivity index (χ4n) is 3.69. The summed E-state index contributed by atoms with van der Waals surface area (Å²) < 4.78 is 52.6. The Morgan fingerprint density at radius 3 is 2.61 bits per heavy atom. The third-order valence-corrected chi connectivity index (χ3v) is 6.31. The maximum Gasteiger partial charge on any atom is 0.416 e. The minimum absolute atomic E-state index is 0.0105. The average Bonchev–Trinajstić information content (AvgIpc) is 3.03. The molecule has 2 aromatic carbocycles. The van der Waals surface area contributed by atoms with E-state index in [4.69, 9.17) is 0 Å². The van der Waals surface area contributed by atoms with Crippen LogP contribution in [0.2, 0.25) is 0 Å². The predicted molar refractivity (Wildman–Crippen MR) is 110 cm³/mol. The van der Waals surface area contributed by atoms with Gasteiger partial charge < -0.3 is 10.6 Å². The molecule has 0 saturated carbocycles. The van der Waals surface area contributed by atoms with E-state index in [-0.39, 0.29) is 22.9 Å². The lowest BCUT2D eigenvalue weighted by Gasteiger charge is -2.24. The highest BCUT2D eigenvalue weighted by Gasteiger charge is 2.33. The minimum atomic E-state index is -4.53. The van der Waals surface area contributed by atoms with Crippen molar-refractivity contribution in [3.63, 3.8) is 0 Å². The normalized spacial score (nSPS) is 15.9. The molecule has 1 aliphatic heterocycles. The Labute approximate surface area is 178 Å². The number of alkyl halides is 3. The highest BCUT2D eigenvalue weighted by Crippen LogP contribution is 2.45. The van der Waals surface area contributed by atoms with Crippen LogP contribution in [0.25, 0.3) is 0 Å². The number of anilines is 2. The molecule has 160 valence electrons. The van der Waals surface area contributed by atoms with Gasteiger partial charge in [0.1, 0.15) is 5.82 Å². The molecule has 0 radical (unpaired) electrons. The highest BCUT2D eigenvalue weighted by atomic mass is 32.1. The molecule has 2 amide bonds. The van der Waals surface area contributed by atoms with Crippen LogP contribution in [0.4, 0.5) is 28.3 Å². The summed E-state index contributed by atoms with van der Waals surface area (Å²) in [7, 11) is 0. The molecule has 1 atom stereocenters. The molecule has 31 heavy (non-hydrogen) atoms. The van der Waals surface area contributed by atoms with E-state index < -0.39 is 29.4 Å². The monoisotopic (exact) mass is 448 g/mol. The van der Waals surface area contributed by atoms with Gasteiger partial charge in [0.2, 0.25) is 5.91 Å². The Morgan fingerprint density at radius 2 is 1.90 bits per heavy atom. The molecule has 0 bridgehead atoms. The van der Waals surface area contributed by atoms with Crippen LogP contribution in [0.5, 0.6) is 0 Å². The summed E-state index contributed by atoms with van der Waals surface area (Å²) in [6, 6.07) is 10.3. The molecule has 2 N–H and O–H groups in total. The molecule has 9 heteroatoms. The van der Waals surface area contributed by atoms with E-state index in [0.717, 1.165) is 23.5 Å². The summed E-state index contributed by atoms with van der Waals surface area (Å²) in [5.41, 5.74) is 1.06. The molecular formula is C22H16F4N2O2S. The molecule has 0 spiro atoms. The summed E-state index contributed by atoms with van der Waals surface area (Å²) >= 11 is 1.05. The number of amides is 2. The molecule has 2 heterocycles. The number of fused-ring (bicyclic) bond motifs is 1. The average molecular weight is 448 g/mol. The number of thiophene rings is 1. The predicted octanol–water partition coefficient (Wildman–Crippen LogP) is 5.94. The minimum Gasteiger partial charge on any atom is -0.321 e. The molecule has 1 aromatic heterocycles. The quantitative estimate of drug-likeness (QED) is 0.487. The van der Waals surface area contributed by atoms with Gasteiger partial charge in [-0.2, -0.15) is 13.2 Å². The van der Waals surface area contributed by atoms with Crippen LogP contribution in [-0.2, 0) is 11.0 Å². The van der Waals surface area contributed by atoms with E-state index >= 15 is 0 Å². The van der Waals surface area contributed by atoms with Crippen molar-refractivity contribution >= 4 is 33.8 Å². The Morgan fingerprint density at radius 1 is 1.16 bits per heavy atom. The first-order chi connectivity index (χ1) is 14.6. The number of nitrogens with one attached hydrogen (secondary N) is 2. The molecule has 4 nitrogen and oxygen atoms in total. The summed E-state index contributed by atoms with van der Waals surface area (Å²) in [4.78, 5) is 25.3. The number of rotatable bonds is 3. The molecule has 4 rings (SSSR count). The van der Waals surface area contributed by atoms with Crippen molar-refractivity contribution in [2.45, 2.75) is 25.4 Å². The van der Waals surface area contributed by atoms with Crippen molar-refractivity contribution in [3.8, 4) is 0 Å². The second-order valence-corrected chi connectivity index (χ2v) is 8.21. The maximum absolute atomic E-state index is 13.7. The fourth-order valence-corrected chi connectivity index (χ4v) is 4.87. The lowest BCUT2D eigenvalue weighted by molar-refractivity contribution is -0.137. The van der Waals surface area contributed by atoms with Crippen molar-refractivity contribution in [2.24, 2.45) is 0 Å². The van der Waals surface area contributed by atoms with E-state index in [2.05, 4.69) is 10.6 Å². The third kappa shape index (κ3) is 4.18. The molecule has 0 fully saturated rings. The second-order valence-electron chi connectivity index (χ2n) is 7.19. The van der Waals surface area contributed by atoms with Crippen LogP contribution in [0.1, 0.15) is 44.3 Å². The first-order valence-corrected chi connectivity index (χ1v) is 10.1. The molecular weight excluding hydrogens is 432 g/mol. The van der Waals surface area contributed by atoms with Crippen LogP contribution in [0.15, 0.2) is 48.5 Å². The SMILES string of the molecule is Cc1c(C(=O)Nc2cccc(C(F)(F)F)c2)sc2c1[C@H](c1cccc(F)c1)CC(=O)N2. The van der Waals surface area contributed by atoms with Crippen LogP contribution < -0.4 is 10.6 Å². The van der Waals surface area contributed by atoms with E-state index in [1.54, 1.807) is 19.1 Å². The van der Waals surface area contributed by atoms with Gasteiger partial charge in [0.05, 0.1) is 15.4 Å². The summed E-state index contributed by atoms with van der Waals surface area (Å²) in [5, 5.41) is 5.72. The number of carbonyl (C=O) groups is 2. The number of benzene rings is 2. The van der Waals surface area contributed by atoms with Gasteiger partial charge in [0.25, 0.3) is 5.91 Å². The third-order valence-electron chi connectivity index (χ3n) is 5.09. The zero-order chi connectivity index (χ0) is 22.3. The molecule has 0 saturated heterocycles. The van der Waals surface area contributed by atoms with Gasteiger partial charge in [0, 0.05) is 18.0 Å². The fraction of sp³-hybridized carbons (Fsp3) is 0.182. The van der Waals surface area contributed by atoms with Crippen LogP contribution in [-0.4, -0.2) is 11.8 Å². The van der Waals surface area contributed by atoms with Gasteiger partial charge in [-0.05, 0) is 53.9 Å². The topological polar surface area (TPSA) is 58.2 Å². The molecule has 0 unspecified atom stereocenters. The highest BCUT2D eigenvalue weighted by molar-refractivity contribution is 7.18. The number of carbonyl (C=O) groups excluding carboxylic acids is 2. The smallest absolute Gasteiger partial charge is 0.321 e. The maximum atomic E-state index is 13.7. The van der Waals surface area contributed by atoms with Gasteiger partial charge in [-0.1, -0.05) is 18.2 Å². The number of hydrogen-bond donors (Lipinski definition) is 2. The number of halogens is 4. The lowest BCUT2D eigenvalue weighted by atomic mass is 9.85. The van der Waals surface area contributed by atoms with Gasteiger partial charge in [-0.15, -0.1) is 11.3 Å². The van der Waals surface area contributed by atoms with Gasteiger partial charge in [-0.3, -0.25) is 9.59 Å². The summed E-state index contributed by atoms with van der Waals surface area (Å²) in [6.07, 6.45) is -4.43. The van der Waals surface area contributed by atoms with Crippen molar-refractivity contribution in [1.82, 2.24) is 0 Å². The Hall–Kier alpha value is -3.20. The van der Waals surface area contributed by atoms with Crippen molar-refractivity contribution in [1.29, 1.82) is 0 Å². The summed E-state index contributed by atoms with van der Waals surface area (Å²) in [5.74, 6) is -1.69. The zero-order valence-corrected chi connectivity index (χ0v) is 17.0. The second kappa shape index (κ2) is 7.81. The van der Waals surface area contributed by atoms with Crippen LogP contribution >= 0.6 is 11.3 Å². The molecule has 1 aliphatic rings. The number of hydrogen-bond acceptors (Lipinski definition) is 3. The Kier molecular flexibility index (Phi) is 5.30. The standard InChI is InChI=1S/C22H16F4N2O2S/c1-11-18-16(12-4-2-6-14(23)8-12)10-17(29)28-21(18)31-19(11)20(30)27-15-7-3-5-13(9-15)22(24,25)26/h2-9,16H,10H2,1H3,(H,27,30)(H,28,29)/t16-/m0/s1. The van der Waals surface area contributed by atoms with E-state index in [9.17, 15) is 27.2 Å². The molecule has 0 aliphatic carbocycles. The first kappa shape index (κ1) is 21.0. The van der Waals surface area contributed by atoms with E-state index in [1.807, 2.05) is 0 Å². The largest absolute Gasteiger partial charge is 0.416 e. The van der Waals surface area contributed by atoms with Crippen LogP contribution in [0.3, 0.4) is 0 Å². The van der Waals surface area contributed by atoms with Gasteiger partial charge in [0.15, 0.2) is 0 Å². The Balaban J connectivity index is 1.68. The lowest BCUT2D eigenvalue weighted by Crippen LogP contribution is -2.22. The van der Waals surface area contributed by atoms with Gasteiger partial charge in [-0.25, -0.2) is 4.39 Å². The Bertz CT molecular complexity index is 1190. The van der Waals surface area contributed by atoms with Crippen LogP contribution in [0, 0.1) is 12.7 Å². The van der Waals surface area contributed by atoms with E-state index in [1.165, 1.54) is 24.3 Å². The summed E-state index contributed by atoms with van der Waals surface area (Å²) in [6.45, 7) is 1.71. The van der Waals surface area contributed by atoms with Crippen molar-refractivity contribution in [2.75, 3.05) is 10.6 Å². The zero-order valence-electron chi connectivity index (χ0n) is 16.1. The van der Waals surface area contributed by atoms with E-state index in [0.29, 0.717) is 21.7 Å².